The first-order valence-corrected chi connectivity index (χ1v) is 16.6. The maximum absolute atomic E-state index is 13.7. The van der Waals surface area contributed by atoms with Crippen LogP contribution in [0.5, 0.6) is 0 Å². The molecule has 8 nitrogen and oxygen atoms in total. The molecule has 1 heterocycles. The minimum atomic E-state index is -3.51. The lowest BCUT2D eigenvalue weighted by atomic mass is 10.1. The fourth-order valence-corrected chi connectivity index (χ4v) is 6.27. The van der Waals surface area contributed by atoms with Gasteiger partial charge in [0.2, 0.25) is 21.8 Å². The van der Waals surface area contributed by atoms with Gasteiger partial charge in [-0.3, -0.25) is 9.59 Å². The average molecular weight is 605 g/mol. The quantitative estimate of drug-likeness (QED) is 0.389. The van der Waals surface area contributed by atoms with E-state index in [0.29, 0.717) is 44.8 Å². The molecular weight excluding hydrogens is 560 g/mol. The summed E-state index contributed by atoms with van der Waals surface area (Å²) in [6.45, 7) is 8.56. The number of benzene rings is 3. The second-order valence-corrected chi connectivity index (χ2v) is 13.4. The third kappa shape index (κ3) is 9.23. The number of nitrogens with zero attached hydrogens (tertiary/aromatic N) is 3. The predicted octanol–water partition coefficient (Wildman–Crippen LogP) is 4.49. The highest BCUT2D eigenvalue weighted by atomic mass is 32.2. The van der Waals surface area contributed by atoms with Crippen LogP contribution in [0, 0.1) is 5.92 Å². The third-order valence-electron chi connectivity index (χ3n) is 7.79. The van der Waals surface area contributed by atoms with E-state index < -0.39 is 10.0 Å². The first-order valence-electron chi connectivity index (χ1n) is 15.1. The van der Waals surface area contributed by atoms with Crippen LogP contribution >= 0.6 is 0 Å². The van der Waals surface area contributed by atoms with Crippen molar-refractivity contribution in [2.24, 2.45) is 5.92 Å². The van der Waals surface area contributed by atoms with E-state index in [4.69, 9.17) is 0 Å². The summed E-state index contributed by atoms with van der Waals surface area (Å²) in [6, 6.07) is 24.4. The molecule has 0 unspecified atom stereocenters. The van der Waals surface area contributed by atoms with Crippen molar-refractivity contribution >= 4 is 27.5 Å². The van der Waals surface area contributed by atoms with Gasteiger partial charge in [0.15, 0.2) is 0 Å². The topological polar surface area (TPSA) is 90.0 Å². The molecule has 0 saturated heterocycles. The van der Waals surface area contributed by atoms with Crippen molar-refractivity contribution in [3.05, 3.63) is 95.6 Å². The molecule has 1 N–H and O–H groups in total. The molecule has 0 saturated carbocycles. The Morgan fingerprint density at radius 1 is 0.814 bits per heavy atom. The molecule has 1 aliphatic rings. The van der Waals surface area contributed by atoms with Gasteiger partial charge < -0.3 is 14.7 Å². The number of anilines is 1. The van der Waals surface area contributed by atoms with E-state index in [1.807, 2.05) is 64.4 Å². The predicted molar refractivity (Wildman–Crippen MR) is 171 cm³/mol. The standard InChI is InChI=1S/C34H44N4O4S/c1-27(2)25-36-20-9-21-38(34(40)24-29-10-5-4-6-11-29)32-13-8-7-12-30(32)26-37(23-22-36)33(39)19-16-28-14-17-31(18-15-28)43(41,42)35-3/h4-8,10-15,17-18,27,35H,9,16,19-26H2,1-3H3. The van der Waals surface area contributed by atoms with Crippen LogP contribution in [0.2, 0.25) is 0 Å². The van der Waals surface area contributed by atoms with Crippen molar-refractivity contribution in [3.63, 3.8) is 0 Å². The summed E-state index contributed by atoms with van der Waals surface area (Å²) in [6.07, 6.45) is 1.98. The van der Waals surface area contributed by atoms with E-state index in [1.165, 1.54) is 7.05 Å². The Hall–Kier alpha value is -3.53. The smallest absolute Gasteiger partial charge is 0.240 e. The molecule has 9 heteroatoms. The maximum Gasteiger partial charge on any atom is 0.240 e. The van der Waals surface area contributed by atoms with Crippen molar-refractivity contribution < 1.29 is 18.0 Å². The summed E-state index contributed by atoms with van der Waals surface area (Å²) in [5.41, 5.74) is 3.70. The lowest BCUT2D eigenvalue weighted by Crippen LogP contribution is -2.40. The van der Waals surface area contributed by atoms with Crippen LogP contribution in [0.3, 0.4) is 0 Å². The monoisotopic (exact) mass is 604 g/mol. The summed E-state index contributed by atoms with van der Waals surface area (Å²) in [5, 5.41) is 0. The zero-order valence-electron chi connectivity index (χ0n) is 25.5. The first kappa shape index (κ1) is 32.4. The minimum Gasteiger partial charge on any atom is -0.337 e. The molecule has 0 atom stereocenters. The van der Waals surface area contributed by atoms with Gasteiger partial charge in [-0.1, -0.05) is 74.5 Å². The van der Waals surface area contributed by atoms with Crippen molar-refractivity contribution in [1.29, 1.82) is 0 Å². The van der Waals surface area contributed by atoms with E-state index in [2.05, 4.69) is 23.5 Å². The molecule has 0 aliphatic carbocycles. The molecule has 2 amide bonds. The van der Waals surface area contributed by atoms with Crippen LogP contribution < -0.4 is 9.62 Å². The third-order valence-corrected chi connectivity index (χ3v) is 9.22. The fraction of sp³-hybridized carbons (Fsp3) is 0.412. The Kier molecular flexibility index (Phi) is 11.5. The van der Waals surface area contributed by atoms with Crippen LogP contribution in [-0.4, -0.2) is 69.8 Å². The van der Waals surface area contributed by atoms with E-state index in [-0.39, 0.29) is 16.7 Å². The van der Waals surface area contributed by atoms with Crippen LogP contribution in [-0.2, 0) is 39.0 Å². The molecule has 0 radical (unpaired) electrons. The van der Waals surface area contributed by atoms with E-state index in [0.717, 1.165) is 48.4 Å². The van der Waals surface area contributed by atoms with Crippen molar-refractivity contribution in [3.8, 4) is 0 Å². The van der Waals surface area contributed by atoms with Crippen molar-refractivity contribution in [2.75, 3.05) is 44.7 Å². The van der Waals surface area contributed by atoms with Gasteiger partial charge in [0, 0.05) is 44.8 Å². The van der Waals surface area contributed by atoms with E-state index >= 15 is 0 Å². The Morgan fingerprint density at radius 3 is 2.21 bits per heavy atom. The highest BCUT2D eigenvalue weighted by Gasteiger charge is 2.24. The van der Waals surface area contributed by atoms with Crippen LogP contribution in [0.4, 0.5) is 5.69 Å². The van der Waals surface area contributed by atoms with Gasteiger partial charge in [0.25, 0.3) is 0 Å². The summed E-state index contributed by atoms with van der Waals surface area (Å²) in [4.78, 5) is 33.8. The SMILES string of the molecule is CNS(=O)(=O)c1ccc(CCC(=O)N2CCN(CC(C)C)CCCN(C(=O)Cc3ccccc3)c3ccccc3C2)cc1. The molecule has 1 aliphatic heterocycles. The van der Waals surface area contributed by atoms with Crippen molar-refractivity contribution in [2.45, 2.75) is 51.0 Å². The second-order valence-electron chi connectivity index (χ2n) is 11.6. The Morgan fingerprint density at radius 2 is 1.51 bits per heavy atom. The number of carbonyl (C=O) groups excluding carboxylic acids is 2. The van der Waals surface area contributed by atoms with E-state index in [1.54, 1.807) is 24.3 Å². The zero-order chi connectivity index (χ0) is 30.8. The first-order chi connectivity index (χ1) is 20.7. The molecule has 0 aromatic heterocycles. The number of hydrogen-bond acceptors (Lipinski definition) is 5. The van der Waals surface area contributed by atoms with Gasteiger partial charge >= 0.3 is 0 Å². The Balaban J connectivity index is 1.56. The lowest BCUT2D eigenvalue weighted by molar-refractivity contribution is -0.132. The Bertz CT molecular complexity index is 1460. The number of hydrogen-bond donors (Lipinski definition) is 1. The highest BCUT2D eigenvalue weighted by Crippen LogP contribution is 2.25. The summed E-state index contributed by atoms with van der Waals surface area (Å²) < 4.78 is 26.5. The fourth-order valence-electron chi connectivity index (χ4n) is 5.54. The van der Waals surface area contributed by atoms with Gasteiger partial charge in [-0.2, -0.15) is 0 Å². The Labute approximate surface area is 256 Å². The number of carbonyl (C=O) groups is 2. The number of fused-ring (bicyclic) bond motifs is 1. The van der Waals surface area contributed by atoms with Crippen LogP contribution in [0.1, 0.15) is 43.4 Å². The zero-order valence-corrected chi connectivity index (χ0v) is 26.4. The average Bonchev–Trinajstić information content (AvgIpc) is 3.03. The number of aryl methyl sites for hydroxylation is 1. The van der Waals surface area contributed by atoms with Gasteiger partial charge in [-0.25, -0.2) is 13.1 Å². The number of para-hydroxylation sites is 1. The number of sulfonamides is 1. The van der Waals surface area contributed by atoms with Gasteiger partial charge in [-0.05, 0) is 67.2 Å². The molecule has 0 spiro atoms. The van der Waals surface area contributed by atoms with Crippen LogP contribution in [0.15, 0.2) is 83.8 Å². The van der Waals surface area contributed by atoms with E-state index in [9.17, 15) is 18.0 Å². The van der Waals surface area contributed by atoms with Gasteiger partial charge in [0.1, 0.15) is 0 Å². The molecule has 0 fully saturated rings. The number of amides is 2. The maximum atomic E-state index is 13.7. The molecule has 43 heavy (non-hydrogen) atoms. The van der Waals surface area contributed by atoms with Gasteiger partial charge in [-0.15, -0.1) is 0 Å². The number of nitrogens with one attached hydrogen (secondary N) is 1. The largest absolute Gasteiger partial charge is 0.337 e. The van der Waals surface area contributed by atoms with Crippen LogP contribution in [0.25, 0.3) is 0 Å². The molecule has 230 valence electrons. The summed E-state index contributed by atoms with van der Waals surface area (Å²) >= 11 is 0. The minimum absolute atomic E-state index is 0.0348. The lowest BCUT2D eigenvalue weighted by Gasteiger charge is -2.29. The molecule has 0 bridgehead atoms. The van der Waals surface area contributed by atoms with Gasteiger partial charge in [0.05, 0.1) is 11.3 Å². The highest BCUT2D eigenvalue weighted by molar-refractivity contribution is 7.89. The normalized spacial score (nSPS) is 15.2. The number of rotatable bonds is 9. The molecule has 3 aromatic rings. The second kappa shape index (κ2) is 15.3. The molecular formula is C34H44N4O4S. The molecule has 4 rings (SSSR count). The summed E-state index contributed by atoms with van der Waals surface area (Å²) in [7, 11) is -2.12. The van der Waals surface area contributed by atoms with Crippen molar-refractivity contribution in [1.82, 2.24) is 14.5 Å². The summed E-state index contributed by atoms with van der Waals surface area (Å²) in [5.74, 6) is 0.569. The molecule has 3 aromatic carbocycles.